The van der Waals surface area contributed by atoms with Crippen molar-refractivity contribution in [1.29, 1.82) is 0 Å². The summed E-state index contributed by atoms with van der Waals surface area (Å²) in [5.74, 6) is 2.29. The van der Waals surface area contributed by atoms with Crippen molar-refractivity contribution in [3.05, 3.63) is 11.9 Å². The molecule has 6 heteroatoms. The van der Waals surface area contributed by atoms with Gasteiger partial charge in [0.2, 0.25) is 5.91 Å². The minimum absolute atomic E-state index is 0.0317. The second kappa shape index (κ2) is 6.36. The molecule has 1 aromatic rings. The van der Waals surface area contributed by atoms with Gasteiger partial charge >= 0.3 is 0 Å². The SMILES string of the molecule is CNc1cc(NCCNC(C)=O)nc(C(C)(C)C)n1. The summed E-state index contributed by atoms with van der Waals surface area (Å²) >= 11 is 0. The average molecular weight is 265 g/mol. The monoisotopic (exact) mass is 265 g/mol. The number of rotatable bonds is 5. The van der Waals surface area contributed by atoms with Crippen LogP contribution in [0.3, 0.4) is 0 Å². The van der Waals surface area contributed by atoms with Gasteiger partial charge in [0.15, 0.2) is 0 Å². The number of carbonyl (C=O) groups is 1. The Bertz CT molecular complexity index is 439. The molecule has 0 aliphatic rings. The molecule has 0 bridgehead atoms. The van der Waals surface area contributed by atoms with Crippen LogP contribution in [0.4, 0.5) is 11.6 Å². The molecule has 0 saturated carbocycles. The molecule has 1 aromatic heterocycles. The molecule has 0 atom stereocenters. The summed E-state index contributed by atoms with van der Waals surface area (Å²) in [5, 5.41) is 8.94. The van der Waals surface area contributed by atoms with Gasteiger partial charge < -0.3 is 16.0 Å². The van der Waals surface area contributed by atoms with Gasteiger partial charge in [-0.3, -0.25) is 4.79 Å². The number of carbonyl (C=O) groups excluding carboxylic acids is 1. The summed E-state index contributed by atoms with van der Waals surface area (Å²) in [6, 6.07) is 1.85. The van der Waals surface area contributed by atoms with Crippen LogP contribution < -0.4 is 16.0 Å². The molecule has 19 heavy (non-hydrogen) atoms. The smallest absolute Gasteiger partial charge is 0.216 e. The first kappa shape index (κ1) is 15.2. The van der Waals surface area contributed by atoms with Gasteiger partial charge in [-0.1, -0.05) is 20.8 Å². The second-order valence-electron chi connectivity index (χ2n) is 5.37. The molecular formula is C13H23N5O. The summed E-state index contributed by atoms with van der Waals surface area (Å²) in [5.41, 5.74) is -0.110. The van der Waals surface area contributed by atoms with E-state index in [0.29, 0.717) is 13.1 Å². The normalized spacial score (nSPS) is 11.0. The number of amides is 1. The lowest BCUT2D eigenvalue weighted by atomic mass is 9.96. The van der Waals surface area contributed by atoms with Gasteiger partial charge in [0.25, 0.3) is 0 Å². The van der Waals surface area contributed by atoms with E-state index >= 15 is 0 Å². The van der Waals surface area contributed by atoms with Gasteiger partial charge in [0, 0.05) is 38.5 Å². The van der Waals surface area contributed by atoms with Crippen molar-refractivity contribution in [2.45, 2.75) is 33.1 Å². The van der Waals surface area contributed by atoms with E-state index in [0.717, 1.165) is 17.5 Å². The van der Waals surface area contributed by atoms with Crippen LogP contribution in [-0.2, 0) is 10.2 Å². The third kappa shape index (κ3) is 5.11. The topological polar surface area (TPSA) is 78.9 Å². The molecule has 0 aromatic carbocycles. The van der Waals surface area contributed by atoms with E-state index in [1.165, 1.54) is 6.92 Å². The standard InChI is InChI=1S/C13H23N5O/c1-9(19)15-6-7-16-11-8-10(14-5)17-12(18-11)13(2,3)4/h8H,6-7H2,1-5H3,(H,15,19)(H2,14,16,17,18). The fourth-order valence-electron chi connectivity index (χ4n) is 1.43. The predicted octanol–water partition coefficient (Wildman–Crippen LogP) is 1.36. The van der Waals surface area contributed by atoms with Gasteiger partial charge in [0.05, 0.1) is 0 Å². The third-order valence-electron chi connectivity index (χ3n) is 2.46. The fraction of sp³-hybridized carbons (Fsp3) is 0.615. The minimum atomic E-state index is -0.110. The first-order valence-electron chi connectivity index (χ1n) is 6.38. The Morgan fingerprint density at radius 3 is 2.37 bits per heavy atom. The van der Waals surface area contributed by atoms with Crippen LogP contribution in [0.15, 0.2) is 6.07 Å². The van der Waals surface area contributed by atoms with E-state index in [9.17, 15) is 4.79 Å². The number of hydrogen-bond acceptors (Lipinski definition) is 5. The lowest BCUT2D eigenvalue weighted by molar-refractivity contribution is -0.118. The Morgan fingerprint density at radius 2 is 1.84 bits per heavy atom. The number of aromatic nitrogens is 2. The zero-order valence-electron chi connectivity index (χ0n) is 12.3. The van der Waals surface area contributed by atoms with Crippen molar-refractivity contribution in [3.63, 3.8) is 0 Å². The van der Waals surface area contributed by atoms with Gasteiger partial charge in [-0.15, -0.1) is 0 Å². The van der Waals surface area contributed by atoms with Crippen LogP contribution in [0.1, 0.15) is 33.5 Å². The molecule has 106 valence electrons. The molecule has 6 nitrogen and oxygen atoms in total. The quantitative estimate of drug-likeness (QED) is 0.701. The molecule has 0 radical (unpaired) electrons. The van der Waals surface area contributed by atoms with E-state index in [1.54, 1.807) is 0 Å². The van der Waals surface area contributed by atoms with Gasteiger partial charge in [-0.25, -0.2) is 9.97 Å². The van der Waals surface area contributed by atoms with Crippen molar-refractivity contribution in [1.82, 2.24) is 15.3 Å². The van der Waals surface area contributed by atoms with Crippen molar-refractivity contribution in [2.75, 3.05) is 30.8 Å². The summed E-state index contributed by atoms with van der Waals surface area (Å²) in [4.78, 5) is 19.7. The summed E-state index contributed by atoms with van der Waals surface area (Å²) < 4.78 is 0. The number of anilines is 2. The largest absolute Gasteiger partial charge is 0.373 e. The molecule has 0 aliphatic heterocycles. The molecule has 0 aliphatic carbocycles. The van der Waals surface area contributed by atoms with E-state index < -0.39 is 0 Å². The van der Waals surface area contributed by atoms with Crippen LogP contribution in [-0.4, -0.2) is 36.0 Å². The Balaban J connectivity index is 2.74. The number of nitrogens with one attached hydrogen (secondary N) is 3. The maximum Gasteiger partial charge on any atom is 0.216 e. The lowest BCUT2D eigenvalue weighted by Crippen LogP contribution is -2.27. The highest BCUT2D eigenvalue weighted by molar-refractivity contribution is 5.72. The molecular weight excluding hydrogens is 242 g/mol. The van der Waals surface area contributed by atoms with Crippen LogP contribution in [0.25, 0.3) is 0 Å². The van der Waals surface area contributed by atoms with Crippen LogP contribution in [0, 0.1) is 0 Å². The highest BCUT2D eigenvalue weighted by Crippen LogP contribution is 2.21. The van der Waals surface area contributed by atoms with Crippen molar-refractivity contribution < 1.29 is 4.79 Å². The Kier molecular flexibility index (Phi) is 5.09. The Hall–Kier alpha value is -1.85. The molecule has 0 fully saturated rings. The molecule has 1 heterocycles. The zero-order valence-corrected chi connectivity index (χ0v) is 12.3. The van der Waals surface area contributed by atoms with Gasteiger partial charge in [0.1, 0.15) is 17.5 Å². The van der Waals surface area contributed by atoms with E-state index in [1.807, 2.05) is 13.1 Å². The summed E-state index contributed by atoms with van der Waals surface area (Å²) in [6.45, 7) is 8.92. The van der Waals surface area contributed by atoms with Gasteiger partial charge in [-0.2, -0.15) is 0 Å². The van der Waals surface area contributed by atoms with E-state index in [2.05, 4.69) is 46.7 Å². The molecule has 0 spiro atoms. The second-order valence-corrected chi connectivity index (χ2v) is 5.37. The van der Waals surface area contributed by atoms with Crippen LogP contribution >= 0.6 is 0 Å². The van der Waals surface area contributed by atoms with Crippen molar-refractivity contribution >= 4 is 17.5 Å². The lowest BCUT2D eigenvalue weighted by Gasteiger charge is -2.18. The highest BCUT2D eigenvalue weighted by atomic mass is 16.1. The zero-order chi connectivity index (χ0) is 14.5. The summed E-state index contributed by atoms with van der Waals surface area (Å²) in [6.07, 6.45) is 0. The molecule has 1 rings (SSSR count). The third-order valence-corrected chi connectivity index (χ3v) is 2.46. The first-order chi connectivity index (χ1) is 8.82. The minimum Gasteiger partial charge on any atom is -0.373 e. The van der Waals surface area contributed by atoms with Gasteiger partial charge in [-0.05, 0) is 0 Å². The maximum absolute atomic E-state index is 10.8. The van der Waals surface area contributed by atoms with E-state index in [-0.39, 0.29) is 11.3 Å². The molecule has 0 saturated heterocycles. The molecule has 3 N–H and O–H groups in total. The van der Waals surface area contributed by atoms with Crippen molar-refractivity contribution in [2.24, 2.45) is 0 Å². The number of nitrogens with zero attached hydrogens (tertiary/aromatic N) is 2. The number of hydrogen-bond donors (Lipinski definition) is 3. The first-order valence-corrected chi connectivity index (χ1v) is 6.38. The Morgan fingerprint density at radius 1 is 1.21 bits per heavy atom. The molecule has 0 unspecified atom stereocenters. The molecule has 1 amide bonds. The van der Waals surface area contributed by atoms with Crippen LogP contribution in [0.2, 0.25) is 0 Å². The van der Waals surface area contributed by atoms with E-state index in [4.69, 9.17) is 0 Å². The van der Waals surface area contributed by atoms with Crippen LogP contribution in [0.5, 0.6) is 0 Å². The maximum atomic E-state index is 10.8. The summed E-state index contributed by atoms with van der Waals surface area (Å²) in [7, 11) is 1.83. The Labute approximate surface area is 114 Å². The predicted molar refractivity (Wildman–Crippen MR) is 77.5 cm³/mol. The fourth-order valence-corrected chi connectivity index (χ4v) is 1.43. The highest BCUT2D eigenvalue weighted by Gasteiger charge is 2.18. The average Bonchev–Trinajstić information content (AvgIpc) is 2.33. The van der Waals surface area contributed by atoms with Crippen molar-refractivity contribution in [3.8, 4) is 0 Å².